The molecule has 6 nitrogen and oxygen atoms in total. The molecule has 1 heterocycles. The maximum atomic E-state index is 12.2. The minimum absolute atomic E-state index is 0.0271. The first-order valence-corrected chi connectivity index (χ1v) is 8.11. The minimum Gasteiger partial charge on any atom is -0.481 e. The molecular formula is C15H25N3O3. The second-order valence-electron chi connectivity index (χ2n) is 6.87. The summed E-state index contributed by atoms with van der Waals surface area (Å²) < 4.78 is 0. The van der Waals surface area contributed by atoms with Gasteiger partial charge in [-0.25, -0.2) is 4.79 Å². The zero-order chi connectivity index (χ0) is 14.9. The Labute approximate surface area is 125 Å². The predicted molar refractivity (Wildman–Crippen MR) is 78.1 cm³/mol. The number of rotatable bonds is 5. The number of aliphatic carboxylic acids is 1. The first-order chi connectivity index (χ1) is 10.1. The van der Waals surface area contributed by atoms with Gasteiger partial charge < -0.3 is 15.7 Å². The van der Waals surface area contributed by atoms with Crippen LogP contribution in [0.4, 0.5) is 4.79 Å². The summed E-state index contributed by atoms with van der Waals surface area (Å²) in [7, 11) is 0. The van der Waals surface area contributed by atoms with Crippen LogP contribution < -0.4 is 10.6 Å². The second-order valence-corrected chi connectivity index (χ2v) is 6.87. The maximum absolute atomic E-state index is 12.2. The Balaban J connectivity index is 1.49. The maximum Gasteiger partial charge on any atom is 0.315 e. The van der Waals surface area contributed by atoms with Crippen LogP contribution in [0, 0.1) is 0 Å². The van der Waals surface area contributed by atoms with E-state index in [9.17, 15) is 9.59 Å². The van der Waals surface area contributed by atoms with E-state index in [2.05, 4.69) is 15.5 Å². The normalized spacial score (nSPS) is 28.5. The highest BCUT2D eigenvalue weighted by Crippen LogP contribution is 2.33. The summed E-state index contributed by atoms with van der Waals surface area (Å²) in [4.78, 5) is 25.7. The molecule has 0 radical (unpaired) electrons. The van der Waals surface area contributed by atoms with E-state index in [1.165, 1.54) is 12.8 Å². The minimum atomic E-state index is -0.835. The standard InChI is InChI=1S/C15H25N3O3/c19-13(20)9-15(6-1-2-7-15)17-14(21)16-11-5-8-18(10-11)12-3-4-12/h11-12H,1-10H2,(H,19,20)(H2,16,17,21). The highest BCUT2D eigenvalue weighted by Gasteiger charge is 2.39. The number of amides is 2. The van der Waals surface area contributed by atoms with Gasteiger partial charge in [-0.2, -0.15) is 0 Å². The van der Waals surface area contributed by atoms with Crippen molar-refractivity contribution < 1.29 is 14.7 Å². The number of carboxylic acid groups (broad SMARTS) is 1. The molecule has 2 aliphatic carbocycles. The van der Waals surface area contributed by atoms with Crippen molar-refractivity contribution in [3.8, 4) is 0 Å². The summed E-state index contributed by atoms with van der Waals surface area (Å²) in [6.45, 7) is 2.00. The van der Waals surface area contributed by atoms with Crippen LogP contribution >= 0.6 is 0 Å². The molecule has 3 fully saturated rings. The number of hydrogen-bond donors (Lipinski definition) is 3. The third kappa shape index (κ3) is 3.67. The quantitative estimate of drug-likeness (QED) is 0.714. The molecule has 0 aromatic heterocycles. The first kappa shape index (κ1) is 14.6. The van der Waals surface area contributed by atoms with Crippen molar-refractivity contribution in [1.29, 1.82) is 0 Å². The van der Waals surface area contributed by atoms with Gasteiger partial charge in [0.1, 0.15) is 0 Å². The fraction of sp³-hybridized carbons (Fsp3) is 0.867. The van der Waals surface area contributed by atoms with Crippen molar-refractivity contribution in [2.75, 3.05) is 13.1 Å². The van der Waals surface area contributed by atoms with Crippen LogP contribution in [0.3, 0.4) is 0 Å². The number of nitrogens with one attached hydrogen (secondary N) is 2. The second kappa shape index (κ2) is 5.83. The summed E-state index contributed by atoms with van der Waals surface area (Å²) in [6, 6.07) is 0.753. The molecule has 118 valence electrons. The molecule has 3 rings (SSSR count). The molecule has 2 amide bonds. The van der Waals surface area contributed by atoms with Gasteiger partial charge in [-0.05, 0) is 32.1 Å². The Morgan fingerprint density at radius 3 is 2.52 bits per heavy atom. The van der Waals surface area contributed by atoms with Gasteiger partial charge in [0.05, 0.1) is 12.0 Å². The SMILES string of the molecule is O=C(O)CC1(NC(=O)NC2CCN(C3CC3)C2)CCCC1. The third-order valence-electron chi connectivity index (χ3n) is 5.05. The fourth-order valence-corrected chi connectivity index (χ4v) is 3.83. The molecule has 1 atom stereocenters. The largest absolute Gasteiger partial charge is 0.481 e. The van der Waals surface area contributed by atoms with Crippen LogP contribution in [0.5, 0.6) is 0 Å². The highest BCUT2D eigenvalue weighted by atomic mass is 16.4. The lowest BCUT2D eigenvalue weighted by Crippen LogP contribution is -2.54. The van der Waals surface area contributed by atoms with Crippen molar-refractivity contribution in [3.05, 3.63) is 0 Å². The van der Waals surface area contributed by atoms with Gasteiger partial charge in [-0.1, -0.05) is 12.8 Å². The van der Waals surface area contributed by atoms with E-state index in [1.807, 2.05) is 0 Å². The Kier molecular flexibility index (Phi) is 4.06. The number of carboxylic acids is 1. The molecule has 1 aliphatic heterocycles. The summed E-state index contributed by atoms with van der Waals surface area (Å²) in [5.74, 6) is -0.835. The molecule has 3 aliphatic rings. The summed E-state index contributed by atoms with van der Waals surface area (Å²) in [5.41, 5.74) is -0.537. The van der Waals surface area contributed by atoms with E-state index in [4.69, 9.17) is 5.11 Å². The monoisotopic (exact) mass is 295 g/mol. The van der Waals surface area contributed by atoms with Crippen molar-refractivity contribution in [3.63, 3.8) is 0 Å². The third-order valence-corrected chi connectivity index (χ3v) is 5.05. The van der Waals surface area contributed by atoms with Crippen LogP contribution in [0.15, 0.2) is 0 Å². The molecule has 0 spiro atoms. The zero-order valence-corrected chi connectivity index (χ0v) is 12.4. The van der Waals surface area contributed by atoms with Crippen LogP contribution in [-0.2, 0) is 4.79 Å². The average molecular weight is 295 g/mol. The zero-order valence-electron chi connectivity index (χ0n) is 12.4. The lowest BCUT2D eigenvalue weighted by atomic mass is 9.93. The first-order valence-electron chi connectivity index (χ1n) is 8.11. The average Bonchev–Trinajstić information content (AvgIpc) is 3.00. The smallest absolute Gasteiger partial charge is 0.315 e. The van der Waals surface area contributed by atoms with Crippen molar-refractivity contribution in [1.82, 2.24) is 15.5 Å². The number of carbonyl (C=O) groups is 2. The fourth-order valence-electron chi connectivity index (χ4n) is 3.83. The van der Waals surface area contributed by atoms with Gasteiger partial charge in [0, 0.05) is 25.2 Å². The Morgan fingerprint density at radius 2 is 1.90 bits per heavy atom. The van der Waals surface area contributed by atoms with Crippen LogP contribution in [0.25, 0.3) is 0 Å². The lowest BCUT2D eigenvalue weighted by Gasteiger charge is -2.29. The van der Waals surface area contributed by atoms with E-state index in [1.54, 1.807) is 0 Å². The molecular weight excluding hydrogens is 270 g/mol. The number of carbonyl (C=O) groups excluding carboxylic acids is 1. The van der Waals surface area contributed by atoms with E-state index in [0.717, 1.165) is 51.2 Å². The van der Waals surface area contributed by atoms with Crippen LogP contribution in [0.1, 0.15) is 51.4 Å². The summed E-state index contributed by atoms with van der Waals surface area (Å²) >= 11 is 0. The van der Waals surface area contributed by atoms with E-state index < -0.39 is 11.5 Å². The highest BCUT2D eigenvalue weighted by molar-refractivity contribution is 5.77. The van der Waals surface area contributed by atoms with Gasteiger partial charge in [-0.3, -0.25) is 9.69 Å². The summed E-state index contributed by atoms with van der Waals surface area (Å²) in [6.07, 6.45) is 7.13. The lowest BCUT2D eigenvalue weighted by molar-refractivity contribution is -0.138. The van der Waals surface area contributed by atoms with Gasteiger partial charge in [0.15, 0.2) is 0 Å². The molecule has 2 saturated carbocycles. The van der Waals surface area contributed by atoms with Crippen LogP contribution in [-0.4, -0.2) is 52.7 Å². The number of urea groups is 1. The number of nitrogens with zero attached hydrogens (tertiary/aromatic N) is 1. The van der Waals surface area contributed by atoms with Crippen molar-refractivity contribution in [2.24, 2.45) is 0 Å². The number of likely N-dealkylation sites (tertiary alicyclic amines) is 1. The van der Waals surface area contributed by atoms with E-state index in [-0.39, 0.29) is 18.5 Å². The van der Waals surface area contributed by atoms with Crippen LogP contribution in [0.2, 0.25) is 0 Å². The van der Waals surface area contributed by atoms with Gasteiger partial charge >= 0.3 is 12.0 Å². The topological polar surface area (TPSA) is 81.7 Å². The molecule has 6 heteroatoms. The Bertz CT molecular complexity index is 416. The van der Waals surface area contributed by atoms with Gasteiger partial charge in [-0.15, -0.1) is 0 Å². The molecule has 0 bridgehead atoms. The molecule has 3 N–H and O–H groups in total. The Morgan fingerprint density at radius 1 is 1.19 bits per heavy atom. The summed E-state index contributed by atoms with van der Waals surface area (Å²) in [5, 5.41) is 15.1. The van der Waals surface area contributed by atoms with E-state index >= 15 is 0 Å². The molecule has 0 aromatic carbocycles. The van der Waals surface area contributed by atoms with Gasteiger partial charge in [0.2, 0.25) is 0 Å². The number of hydrogen-bond acceptors (Lipinski definition) is 3. The Hall–Kier alpha value is -1.30. The van der Waals surface area contributed by atoms with E-state index in [0.29, 0.717) is 0 Å². The molecule has 1 saturated heterocycles. The molecule has 0 aromatic rings. The molecule has 1 unspecified atom stereocenters. The predicted octanol–water partition coefficient (Wildman–Crippen LogP) is 1.31. The molecule has 21 heavy (non-hydrogen) atoms. The van der Waals surface area contributed by atoms with Crippen molar-refractivity contribution in [2.45, 2.75) is 69.0 Å². The van der Waals surface area contributed by atoms with Gasteiger partial charge in [0.25, 0.3) is 0 Å². The van der Waals surface area contributed by atoms with Crippen molar-refractivity contribution >= 4 is 12.0 Å².